The molecule has 0 spiro atoms. The Bertz CT molecular complexity index is 896. The number of alkyl halides is 3. The second-order valence-corrected chi connectivity index (χ2v) is 5.72. The predicted molar refractivity (Wildman–Crippen MR) is 83.1 cm³/mol. The van der Waals surface area contributed by atoms with E-state index in [2.05, 4.69) is 15.6 Å². The SMILES string of the molecule is CC(NC(=O)Cn1cc(C(=O)O)nn1)(C(N)=O)c1cccc(C(F)(F)F)c1. The second kappa shape index (κ2) is 7.05. The summed E-state index contributed by atoms with van der Waals surface area (Å²) in [6, 6.07) is 3.83. The van der Waals surface area contributed by atoms with E-state index in [9.17, 15) is 27.6 Å². The van der Waals surface area contributed by atoms with E-state index < -0.39 is 47.3 Å². The van der Waals surface area contributed by atoms with Crippen molar-refractivity contribution < 1.29 is 32.7 Å². The molecule has 144 valence electrons. The summed E-state index contributed by atoms with van der Waals surface area (Å²) < 4.78 is 39.6. The summed E-state index contributed by atoms with van der Waals surface area (Å²) in [5.41, 5.74) is 1.79. The topological polar surface area (TPSA) is 140 Å². The van der Waals surface area contributed by atoms with Crippen LogP contribution < -0.4 is 11.1 Å². The Balaban J connectivity index is 2.26. The van der Waals surface area contributed by atoms with Crippen molar-refractivity contribution in [1.82, 2.24) is 20.3 Å². The molecule has 4 N–H and O–H groups in total. The van der Waals surface area contributed by atoms with E-state index in [0.29, 0.717) is 6.07 Å². The number of hydrogen-bond acceptors (Lipinski definition) is 5. The highest BCUT2D eigenvalue weighted by Gasteiger charge is 2.38. The Morgan fingerprint density at radius 2 is 1.89 bits per heavy atom. The Hall–Kier alpha value is -3.44. The fourth-order valence-corrected chi connectivity index (χ4v) is 2.22. The minimum Gasteiger partial charge on any atom is -0.476 e. The van der Waals surface area contributed by atoms with Gasteiger partial charge in [0.1, 0.15) is 12.1 Å². The van der Waals surface area contributed by atoms with Gasteiger partial charge in [-0.25, -0.2) is 9.48 Å². The van der Waals surface area contributed by atoms with Gasteiger partial charge in [0.25, 0.3) is 0 Å². The maximum Gasteiger partial charge on any atom is 0.416 e. The third kappa shape index (κ3) is 4.40. The molecule has 1 heterocycles. The Morgan fingerprint density at radius 3 is 2.41 bits per heavy atom. The molecule has 1 aromatic heterocycles. The van der Waals surface area contributed by atoms with Crippen molar-refractivity contribution in [3.8, 4) is 0 Å². The summed E-state index contributed by atoms with van der Waals surface area (Å²) in [5.74, 6) is -3.27. The molecule has 0 saturated heterocycles. The number of amides is 2. The fraction of sp³-hybridized carbons (Fsp3) is 0.267. The summed E-state index contributed by atoms with van der Waals surface area (Å²) in [5, 5.41) is 17.8. The number of carbonyl (C=O) groups is 3. The number of nitrogens with one attached hydrogen (secondary N) is 1. The van der Waals surface area contributed by atoms with Crippen LogP contribution in [0.2, 0.25) is 0 Å². The molecule has 0 aliphatic rings. The van der Waals surface area contributed by atoms with Gasteiger partial charge in [-0.15, -0.1) is 5.10 Å². The van der Waals surface area contributed by atoms with Gasteiger partial charge in [-0.05, 0) is 24.6 Å². The minimum atomic E-state index is -4.65. The van der Waals surface area contributed by atoms with E-state index in [1.54, 1.807) is 0 Å². The normalized spacial score (nSPS) is 13.6. The highest BCUT2D eigenvalue weighted by atomic mass is 19.4. The molecule has 12 heteroatoms. The zero-order valence-electron chi connectivity index (χ0n) is 13.8. The molecule has 0 aliphatic heterocycles. The molecule has 9 nitrogen and oxygen atoms in total. The van der Waals surface area contributed by atoms with Crippen LogP contribution >= 0.6 is 0 Å². The van der Waals surface area contributed by atoms with Crippen molar-refractivity contribution in [2.45, 2.75) is 25.2 Å². The lowest BCUT2D eigenvalue weighted by molar-refractivity contribution is -0.138. The van der Waals surface area contributed by atoms with Gasteiger partial charge >= 0.3 is 12.1 Å². The van der Waals surface area contributed by atoms with E-state index in [1.807, 2.05) is 0 Å². The number of halogens is 3. The number of nitrogens with two attached hydrogens (primary N) is 1. The number of carboxylic acids is 1. The molecule has 2 rings (SSSR count). The quantitative estimate of drug-likeness (QED) is 0.662. The molecule has 1 unspecified atom stereocenters. The lowest BCUT2D eigenvalue weighted by Crippen LogP contribution is -2.53. The fourth-order valence-electron chi connectivity index (χ4n) is 2.22. The minimum absolute atomic E-state index is 0.164. The average Bonchev–Trinajstić information content (AvgIpc) is 3.02. The number of nitrogens with zero attached hydrogens (tertiary/aromatic N) is 3. The molecule has 0 bridgehead atoms. The third-order valence-corrected chi connectivity index (χ3v) is 3.71. The zero-order valence-corrected chi connectivity index (χ0v) is 13.8. The Kier molecular flexibility index (Phi) is 5.19. The molecule has 1 aromatic carbocycles. The molecule has 0 aliphatic carbocycles. The maximum atomic E-state index is 12.9. The molecule has 2 amide bonds. The highest BCUT2D eigenvalue weighted by molar-refractivity contribution is 5.91. The highest BCUT2D eigenvalue weighted by Crippen LogP contribution is 2.32. The lowest BCUT2D eigenvalue weighted by Gasteiger charge is -2.28. The zero-order chi connectivity index (χ0) is 20.4. The monoisotopic (exact) mass is 385 g/mol. The molecule has 27 heavy (non-hydrogen) atoms. The number of primary amides is 1. The summed E-state index contributed by atoms with van der Waals surface area (Å²) in [7, 11) is 0. The van der Waals surface area contributed by atoms with E-state index in [1.165, 1.54) is 6.07 Å². The summed E-state index contributed by atoms with van der Waals surface area (Å²) in [4.78, 5) is 34.8. The Labute approximate surface area is 150 Å². The largest absolute Gasteiger partial charge is 0.476 e. The molecule has 0 fully saturated rings. The number of carboxylic acid groups (broad SMARTS) is 1. The van der Waals surface area contributed by atoms with Crippen LogP contribution in [0.4, 0.5) is 13.2 Å². The number of aromatic carboxylic acids is 1. The number of carbonyl (C=O) groups excluding carboxylic acids is 2. The van der Waals surface area contributed by atoms with Gasteiger partial charge in [0.2, 0.25) is 11.8 Å². The van der Waals surface area contributed by atoms with E-state index in [4.69, 9.17) is 10.8 Å². The average molecular weight is 385 g/mol. The van der Waals surface area contributed by atoms with E-state index >= 15 is 0 Å². The first-order valence-electron chi connectivity index (χ1n) is 7.35. The number of aromatic nitrogens is 3. The van der Waals surface area contributed by atoms with Crippen molar-refractivity contribution >= 4 is 17.8 Å². The number of hydrogen-bond donors (Lipinski definition) is 3. The third-order valence-electron chi connectivity index (χ3n) is 3.71. The molecule has 2 aromatic rings. The predicted octanol–water partition coefficient (Wildman–Crippen LogP) is 0.512. The van der Waals surface area contributed by atoms with Crippen LogP contribution in [-0.2, 0) is 27.8 Å². The van der Waals surface area contributed by atoms with E-state index in [-0.39, 0.29) is 5.56 Å². The molecule has 1 atom stereocenters. The van der Waals surface area contributed by atoms with E-state index in [0.717, 1.165) is 29.9 Å². The number of rotatable bonds is 6. The van der Waals surface area contributed by atoms with Crippen molar-refractivity contribution in [3.05, 3.63) is 47.3 Å². The van der Waals surface area contributed by atoms with Gasteiger partial charge in [0.15, 0.2) is 5.69 Å². The summed E-state index contributed by atoms with van der Waals surface area (Å²) in [6.07, 6.45) is -3.67. The van der Waals surface area contributed by atoms with Crippen LogP contribution in [0.25, 0.3) is 0 Å². The van der Waals surface area contributed by atoms with Crippen LogP contribution in [0.15, 0.2) is 30.5 Å². The van der Waals surface area contributed by atoms with Gasteiger partial charge in [-0.1, -0.05) is 17.3 Å². The van der Waals surface area contributed by atoms with Gasteiger partial charge in [-0.2, -0.15) is 13.2 Å². The van der Waals surface area contributed by atoms with Crippen LogP contribution in [0.3, 0.4) is 0 Å². The van der Waals surface area contributed by atoms with Crippen molar-refractivity contribution in [3.63, 3.8) is 0 Å². The Morgan fingerprint density at radius 1 is 1.26 bits per heavy atom. The van der Waals surface area contributed by atoms with Gasteiger partial charge in [-0.3, -0.25) is 9.59 Å². The van der Waals surface area contributed by atoms with Crippen LogP contribution in [0.1, 0.15) is 28.5 Å². The first-order chi connectivity index (χ1) is 12.4. The van der Waals surface area contributed by atoms with Crippen molar-refractivity contribution in [2.24, 2.45) is 5.73 Å². The van der Waals surface area contributed by atoms with Gasteiger partial charge < -0.3 is 16.2 Å². The first kappa shape index (κ1) is 19.9. The number of benzene rings is 1. The molecular weight excluding hydrogens is 371 g/mol. The maximum absolute atomic E-state index is 12.9. The summed E-state index contributed by atoms with van der Waals surface area (Å²) in [6.45, 7) is 0.634. The second-order valence-electron chi connectivity index (χ2n) is 5.72. The molecule has 0 saturated carbocycles. The van der Waals surface area contributed by atoms with Crippen LogP contribution in [0.5, 0.6) is 0 Å². The smallest absolute Gasteiger partial charge is 0.416 e. The van der Waals surface area contributed by atoms with Crippen molar-refractivity contribution in [2.75, 3.05) is 0 Å². The van der Waals surface area contributed by atoms with Crippen LogP contribution in [0, 0.1) is 0 Å². The van der Waals surface area contributed by atoms with Crippen LogP contribution in [-0.4, -0.2) is 37.9 Å². The first-order valence-corrected chi connectivity index (χ1v) is 7.35. The summed E-state index contributed by atoms with van der Waals surface area (Å²) >= 11 is 0. The molecule has 0 radical (unpaired) electrons. The standard InChI is InChI=1S/C15H14F3N5O4/c1-14(13(19)27,8-3-2-4-9(5-8)15(16,17)18)20-11(24)7-23-6-10(12(25)26)21-22-23/h2-6H,7H2,1H3,(H2,19,27)(H,20,24)(H,25,26). The molecular formula is C15H14F3N5O4. The van der Waals surface area contributed by atoms with Gasteiger partial charge in [0.05, 0.1) is 11.8 Å². The van der Waals surface area contributed by atoms with Crippen molar-refractivity contribution in [1.29, 1.82) is 0 Å². The lowest BCUT2D eigenvalue weighted by atomic mass is 9.89. The van der Waals surface area contributed by atoms with Gasteiger partial charge in [0, 0.05) is 0 Å².